The number of aromatic carboxylic acids is 1. The summed E-state index contributed by atoms with van der Waals surface area (Å²) < 4.78 is 0. The highest BCUT2D eigenvalue weighted by Gasteiger charge is 2.65. The summed E-state index contributed by atoms with van der Waals surface area (Å²) in [6.07, 6.45) is 0.654. The lowest BCUT2D eigenvalue weighted by molar-refractivity contribution is -0.118. The molecule has 0 saturated heterocycles. The second-order valence-corrected chi connectivity index (χ2v) is 5.98. The number of nitrogens with zero attached hydrogens (tertiary/aromatic N) is 1. The van der Waals surface area contributed by atoms with E-state index >= 15 is 0 Å². The Labute approximate surface area is 132 Å². The van der Waals surface area contributed by atoms with Gasteiger partial charge in [-0.3, -0.25) is 4.79 Å². The third-order valence-electron chi connectivity index (χ3n) is 4.80. The first-order valence-electron chi connectivity index (χ1n) is 7.25. The zero-order valence-electron chi connectivity index (χ0n) is 12.0. The third-order valence-corrected chi connectivity index (χ3v) is 4.80. The maximum atomic E-state index is 12.5. The Kier molecular flexibility index (Phi) is 2.61. The first-order chi connectivity index (χ1) is 11.1. The van der Waals surface area contributed by atoms with Gasteiger partial charge in [0.15, 0.2) is 0 Å². The van der Waals surface area contributed by atoms with Gasteiger partial charge in [-0.25, -0.2) is 4.79 Å². The van der Waals surface area contributed by atoms with E-state index in [1.165, 1.54) is 6.07 Å². The monoisotopic (exact) mass is 304 g/mol. The van der Waals surface area contributed by atoms with Gasteiger partial charge in [-0.1, -0.05) is 12.1 Å². The van der Waals surface area contributed by atoms with E-state index in [9.17, 15) is 14.7 Å². The van der Waals surface area contributed by atoms with Gasteiger partial charge in [0.1, 0.15) is 0 Å². The molecule has 0 radical (unpaired) electrons. The van der Waals surface area contributed by atoms with Gasteiger partial charge in [0.25, 0.3) is 0 Å². The molecule has 2 aromatic rings. The number of hydrogen-bond donors (Lipinski definition) is 2. The first kappa shape index (κ1) is 13.5. The number of rotatable bonds is 2. The Morgan fingerprint density at radius 1 is 1.26 bits per heavy atom. The fourth-order valence-electron chi connectivity index (χ4n) is 3.52. The van der Waals surface area contributed by atoms with Crippen LogP contribution in [-0.2, 0) is 10.2 Å². The molecule has 1 fully saturated rings. The van der Waals surface area contributed by atoms with E-state index in [1.807, 2.05) is 12.1 Å². The number of fused-ring (bicyclic) bond motifs is 2. The van der Waals surface area contributed by atoms with Crippen molar-refractivity contribution in [3.05, 3.63) is 64.7 Å². The second-order valence-electron chi connectivity index (χ2n) is 5.98. The molecule has 112 valence electrons. The molecule has 0 aromatic heterocycles. The van der Waals surface area contributed by atoms with Gasteiger partial charge in [0, 0.05) is 11.6 Å². The molecular weight excluding hydrogens is 292 g/mol. The van der Waals surface area contributed by atoms with E-state index in [0.29, 0.717) is 17.7 Å². The lowest BCUT2D eigenvalue weighted by Gasteiger charge is -2.09. The highest BCUT2D eigenvalue weighted by atomic mass is 16.4. The summed E-state index contributed by atoms with van der Waals surface area (Å²) in [5.41, 5.74) is 2.54. The second kappa shape index (κ2) is 4.43. The first-order valence-corrected chi connectivity index (χ1v) is 7.25. The predicted molar refractivity (Wildman–Crippen MR) is 82.2 cm³/mol. The molecule has 1 aliphatic heterocycles. The lowest BCUT2D eigenvalue weighted by Crippen LogP contribution is -2.21. The van der Waals surface area contributed by atoms with Gasteiger partial charge in [-0.2, -0.15) is 5.26 Å². The average Bonchev–Trinajstić information content (AvgIpc) is 3.25. The topological polar surface area (TPSA) is 90.2 Å². The summed E-state index contributed by atoms with van der Waals surface area (Å²) in [6.45, 7) is 0. The molecule has 2 atom stereocenters. The van der Waals surface area contributed by atoms with Crippen molar-refractivity contribution in [3.8, 4) is 6.07 Å². The Bertz CT molecular complexity index is 895. The number of carbonyl (C=O) groups excluding carboxylic acids is 1. The third kappa shape index (κ3) is 1.78. The molecular formula is C18H12N2O3. The molecule has 5 heteroatoms. The number of hydrogen-bond acceptors (Lipinski definition) is 3. The SMILES string of the molecule is N#Cc1ccc([C@H]2C[C@@]23C(=O)Nc2ccc(C(=O)O)cc23)cc1. The van der Waals surface area contributed by atoms with Crippen LogP contribution in [0.15, 0.2) is 42.5 Å². The van der Waals surface area contributed by atoms with Crippen LogP contribution in [0.2, 0.25) is 0 Å². The Balaban J connectivity index is 1.76. The average molecular weight is 304 g/mol. The van der Waals surface area contributed by atoms with E-state index in [4.69, 9.17) is 5.26 Å². The van der Waals surface area contributed by atoms with Crippen LogP contribution in [0, 0.1) is 11.3 Å². The van der Waals surface area contributed by atoms with Crippen molar-refractivity contribution >= 4 is 17.6 Å². The molecule has 23 heavy (non-hydrogen) atoms. The van der Waals surface area contributed by atoms with E-state index in [-0.39, 0.29) is 17.4 Å². The van der Waals surface area contributed by atoms with Crippen molar-refractivity contribution in [2.24, 2.45) is 0 Å². The van der Waals surface area contributed by atoms with Crippen molar-refractivity contribution in [1.82, 2.24) is 0 Å². The molecule has 2 N–H and O–H groups in total. The molecule has 0 unspecified atom stereocenters. The van der Waals surface area contributed by atoms with E-state index in [1.54, 1.807) is 24.3 Å². The summed E-state index contributed by atoms with van der Waals surface area (Å²) in [7, 11) is 0. The fraction of sp³-hybridized carbons (Fsp3) is 0.167. The van der Waals surface area contributed by atoms with Crippen LogP contribution in [0.3, 0.4) is 0 Å². The molecule has 1 amide bonds. The maximum Gasteiger partial charge on any atom is 0.335 e. The van der Waals surface area contributed by atoms with Crippen molar-refractivity contribution in [3.63, 3.8) is 0 Å². The highest BCUT2D eigenvalue weighted by Crippen LogP contribution is 2.64. The molecule has 5 nitrogen and oxygen atoms in total. The van der Waals surface area contributed by atoms with E-state index in [2.05, 4.69) is 11.4 Å². The summed E-state index contributed by atoms with van der Waals surface area (Å²) in [4.78, 5) is 23.7. The zero-order chi connectivity index (χ0) is 16.2. The van der Waals surface area contributed by atoms with Gasteiger partial charge in [0.05, 0.1) is 22.6 Å². The number of carbonyl (C=O) groups is 2. The molecule has 1 saturated carbocycles. The van der Waals surface area contributed by atoms with Crippen molar-refractivity contribution in [1.29, 1.82) is 5.26 Å². The summed E-state index contributed by atoms with van der Waals surface area (Å²) in [6, 6.07) is 14.0. The Hall–Kier alpha value is -3.13. The zero-order valence-corrected chi connectivity index (χ0v) is 12.0. The van der Waals surface area contributed by atoms with Crippen LogP contribution in [0.5, 0.6) is 0 Å². The van der Waals surface area contributed by atoms with Crippen molar-refractivity contribution in [2.45, 2.75) is 17.8 Å². The number of nitrogens with one attached hydrogen (secondary N) is 1. The lowest BCUT2D eigenvalue weighted by atomic mass is 9.91. The van der Waals surface area contributed by atoms with E-state index < -0.39 is 11.4 Å². The van der Waals surface area contributed by atoms with E-state index in [0.717, 1.165) is 11.1 Å². The predicted octanol–water partition coefficient (Wildman–Crippen LogP) is 2.63. The number of anilines is 1. The van der Waals surface area contributed by atoms with Crippen molar-refractivity contribution < 1.29 is 14.7 Å². The molecule has 0 bridgehead atoms. The number of amides is 1. The largest absolute Gasteiger partial charge is 0.478 e. The number of nitriles is 1. The minimum atomic E-state index is -1.00. The quantitative estimate of drug-likeness (QED) is 0.892. The van der Waals surface area contributed by atoms with Crippen LogP contribution >= 0.6 is 0 Å². The standard InChI is InChI=1S/C18H12N2O3/c19-9-10-1-3-11(4-2-10)14-8-18(14)13-7-12(16(21)22)5-6-15(13)20-17(18)23/h1-7,14H,8H2,(H,20,23)(H,21,22)/t14-,18+/m1/s1. The number of carboxylic acid groups (broad SMARTS) is 1. The van der Waals surface area contributed by atoms with Gasteiger partial charge in [0.2, 0.25) is 5.91 Å². The molecule has 4 rings (SSSR count). The molecule has 2 aliphatic rings. The minimum absolute atomic E-state index is 0.0144. The Morgan fingerprint density at radius 2 is 2.00 bits per heavy atom. The summed E-state index contributed by atoms with van der Waals surface area (Å²) in [5, 5.41) is 20.9. The van der Waals surface area contributed by atoms with Gasteiger partial charge >= 0.3 is 5.97 Å². The normalized spacial score (nSPS) is 24.0. The van der Waals surface area contributed by atoms with Gasteiger partial charge < -0.3 is 10.4 Å². The summed E-state index contributed by atoms with van der Waals surface area (Å²) >= 11 is 0. The van der Waals surface area contributed by atoms with Crippen LogP contribution in [0.1, 0.15) is 39.4 Å². The van der Waals surface area contributed by atoms with Gasteiger partial charge in [-0.15, -0.1) is 0 Å². The van der Waals surface area contributed by atoms with Crippen LogP contribution < -0.4 is 5.32 Å². The minimum Gasteiger partial charge on any atom is -0.478 e. The summed E-state index contributed by atoms with van der Waals surface area (Å²) in [5.74, 6) is -1.07. The molecule has 2 aromatic carbocycles. The number of benzene rings is 2. The van der Waals surface area contributed by atoms with Crippen LogP contribution in [0.4, 0.5) is 5.69 Å². The van der Waals surface area contributed by atoms with Gasteiger partial charge in [-0.05, 0) is 47.9 Å². The molecule has 1 aliphatic carbocycles. The number of carboxylic acids is 1. The Morgan fingerprint density at radius 3 is 2.65 bits per heavy atom. The smallest absolute Gasteiger partial charge is 0.335 e. The molecule has 1 spiro atoms. The fourth-order valence-corrected chi connectivity index (χ4v) is 3.52. The maximum absolute atomic E-state index is 12.5. The van der Waals surface area contributed by atoms with Crippen LogP contribution in [0.25, 0.3) is 0 Å². The highest BCUT2D eigenvalue weighted by molar-refractivity contribution is 6.10. The van der Waals surface area contributed by atoms with Crippen LogP contribution in [-0.4, -0.2) is 17.0 Å². The molecule has 1 heterocycles. The van der Waals surface area contributed by atoms with Crippen molar-refractivity contribution in [2.75, 3.05) is 5.32 Å².